The Labute approximate surface area is 151 Å². The summed E-state index contributed by atoms with van der Waals surface area (Å²) in [5.74, 6) is 0.928. The second kappa shape index (κ2) is 7.04. The summed E-state index contributed by atoms with van der Waals surface area (Å²) >= 11 is 0. The van der Waals surface area contributed by atoms with E-state index in [4.69, 9.17) is 4.74 Å². The Morgan fingerprint density at radius 1 is 1.04 bits per heavy atom. The number of rotatable bonds is 4. The number of carbonyl (C=O) groups excluding carboxylic acids is 2. The van der Waals surface area contributed by atoms with E-state index < -0.39 is 0 Å². The fraction of sp³-hybridized carbons (Fsp3) is 0.238. The highest BCUT2D eigenvalue weighted by atomic mass is 16.5. The van der Waals surface area contributed by atoms with Crippen molar-refractivity contribution in [1.82, 2.24) is 9.88 Å². The van der Waals surface area contributed by atoms with Crippen molar-refractivity contribution >= 4 is 22.6 Å². The van der Waals surface area contributed by atoms with Crippen LogP contribution in [0.4, 0.5) is 0 Å². The minimum Gasteiger partial charge on any atom is -0.489 e. The molecule has 1 amide bonds. The molecule has 1 aliphatic heterocycles. The number of likely N-dealkylation sites (tertiary alicyclic amines) is 1. The first kappa shape index (κ1) is 16.4. The Balaban J connectivity index is 1.48. The number of fused-ring (bicyclic) bond motifs is 1. The molecule has 0 saturated carbocycles. The van der Waals surface area contributed by atoms with Crippen LogP contribution in [0, 0.1) is 0 Å². The van der Waals surface area contributed by atoms with Gasteiger partial charge in [-0.3, -0.25) is 9.59 Å². The van der Waals surface area contributed by atoms with Crippen LogP contribution in [-0.4, -0.2) is 34.7 Å². The molecule has 0 bridgehead atoms. The molecular formula is C21H20N2O3. The first-order valence-electron chi connectivity index (χ1n) is 8.79. The Morgan fingerprint density at radius 3 is 2.58 bits per heavy atom. The lowest BCUT2D eigenvalue weighted by molar-refractivity contribution is -0.120. The van der Waals surface area contributed by atoms with E-state index in [2.05, 4.69) is 4.98 Å². The highest BCUT2D eigenvalue weighted by molar-refractivity contribution is 5.99. The lowest BCUT2D eigenvalue weighted by Gasteiger charge is -2.25. The molecule has 26 heavy (non-hydrogen) atoms. The first-order valence-corrected chi connectivity index (χ1v) is 8.79. The van der Waals surface area contributed by atoms with Gasteiger partial charge in [-0.1, -0.05) is 30.3 Å². The largest absolute Gasteiger partial charge is 0.489 e. The molecule has 0 atom stereocenters. The number of ketones is 1. The molecule has 1 fully saturated rings. The molecule has 0 unspecified atom stereocenters. The van der Waals surface area contributed by atoms with Gasteiger partial charge in [0.1, 0.15) is 23.8 Å². The SMILES string of the molecule is O=C1CCN(C(=O)c2cc3ccc(OCc4ccccc4)cc3[nH]2)CC1. The fourth-order valence-corrected chi connectivity index (χ4v) is 3.18. The fourth-order valence-electron chi connectivity index (χ4n) is 3.18. The third-order valence-electron chi connectivity index (χ3n) is 4.68. The highest BCUT2D eigenvalue weighted by Crippen LogP contribution is 2.23. The summed E-state index contributed by atoms with van der Waals surface area (Å²) in [6.07, 6.45) is 0.896. The maximum atomic E-state index is 12.6. The zero-order valence-electron chi connectivity index (χ0n) is 14.4. The standard InChI is InChI=1S/C21H20N2O3/c24-17-8-10-23(11-9-17)21(25)20-12-16-6-7-18(13-19(16)22-20)26-14-15-4-2-1-3-5-15/h1-7,12-13,22H,8-11,14H2. The molecule has 5 heteroatoms. The van der Waals surface area contributed by atoms with Crippen LogP contribution in [0.3, 0.4) is 0 Å². The van der Waals surface area contributed by atoms with Crippen LogP contribution in [0.25, 0.3) is 10.9 Å². The summed E-state index contributed by atoms with van der Waals surface area (Å²) in [5.41, 5.74) is 2.52. The van der Waals surface area contributed by atoms with Gasteiger partial charge in [0.25, 0.3) is 5.91 Å². The zero-order chi connectivity index (χ0) is 17.9. The van der Waals surface area contributed by atoms with Gasteiger partial charge in [0.15, 0.2) is 0 Å². The van der Waals surface area contributed by atoms with Gasteiger partial charge in [-0.05, 0) is 23.8 Å². The number of amides is 1. The molecule has 4 rings (SSSR count). The van der Waals surface area contributed by atoms with Crippen LogP contribution < -0.4 is 4.74 Å². The van der Waals surface area contributed by atoms with E-state index in [1.807, 2.05) is 54.6 Å². The topological polar surface area (TPSA) is 62.4 Å². The molecule has 0 aliphatic carbocycles. The van der Waals surface area contributed by atoms with E-state index in [-0.39, 0.29) is 11.7 Å². The van der Waals surface area contributed by atoms with E-state index in [0.717, 1.165) is 22.2 Å². The smallest absolute Gasteiger partial charge is 0.270 e. The number of nitrogens with one attached hydrogen (secondary N) is 1. The van der Waals surface area contributed by atoms with Gasteiger partial charge in [0, 0.05) is 42.9 Å². The van der Waals surface area contributed by atoms with Gasteiger partial charge >= 0.3 is 0 Å². The maximum Gasteiger partial charge on any atom is 0.270 e. The third kappa shape index (κ3) is 3.47. The van der Waals surface area contributed by atoms with E-state index in [0.29, 0.717) is 38.2 Å². The molecular weight excluding hydrogens is 328 g/mol. The maximum absolute atomic E-state index is 12.6. The number of aromatic amines is 1. The summed E-state index contributed by atoms with van der Waals surface area (Å²) in [6, 6.07) is 17.6. The number of hydrogen-bond acceptors (Lipinski definition) is 3. The zero-order valence-corrected chi connectivity index (χ0v) is 14.4. The van der Waals surface area contributed by atoms with Crippen molar-refractivity contribution in [3.8, 4) is 5.75 Å². The second-order valence-electron chi connectivity index (χ2n) is 6.54. The summed E-state index contributed by atoms with van der Waals surface area (Å²) in [7, 11) is 0. The van der Waals surface area contributed by atoms with Crippen molar-refractivity contribution in [2.24, 2.45) is 0 Å². The van der Waals surface area contributed by atoms with Gasteiger partial charge in [-0.2, -0.15) is 0 Å². The number of Topliss-reactive ketones (excluding diaryl/α,β-unsaturated/α-hetero) is 1. The second-order valence-corrected chi connectivity index (χ2v) is 6.54. The number of aromatic nitrogens is 1. The van der Waals surface area contributed by atoms with Crippen LogP contribution in [-0.2, 0) is 11.4 Å². The molecule has 0 spiro atoms. The number of H-pyrrole nitrogens is 1. The van der Waals surface area contributed by atoms with Crippen molar-refractivity contribution in [3.63, 3.8) is 0 Å². The molecule has 1 N–H and O–H groups in total. The minimum absolute atomic E-state index is 0.0551. The monoisotopic (exact) mass is 348 g/mol. The number of ether oxygens (including phenoxy) is 1. The average molecular weight is 348 g/mol. The molecule has 2 heterocycles. The predicted molar refractivity (Wildman–Crippen MR) is 99.2 cm³/mol. The Hall–Kier alpha value is -3.08. The van der Waals surface area contributed by atoms with Gasteiger partial charge in [-0.25, -0.2) is 0 Å². The minimum atomic E-state index is -0.0551. The molecule has 0 radical (unpaired) electrons. The van der Waals surface area contributed by atoms with Crippen molar-refractivity contribution in [2.45, 2.75) is 19.4 Å². The number of carbonyl (C=O) groups is 2. The molecule has 1 saturated heterocycles. The van der Waals surface area contributed by atoms with Crippen molar-refractivity contribution in [3.05, 3.63) is 65.9 Å². The molecule has 132 valence electrons. The number of hydrogen-bond donors (Lipinski definition) is 1. The van der Waals surface area contributed by atoms with E-state index in [1.165, 1.54) is 0 Å². The lowest BCUT2D eigenvalue weighted by atomic mass is 10.1. The normalized spacial score (nSPS) is 14.6. The lowest BCUT2D eigenvalue weighted by Crippen LogP contribution is -2.38. The summed E-state index contributed by atoms with van der Waals surface area (Å²) in [6.45, 7) is 1.50. The third-order valence-corrected chi connectivity index (χ3v) is 4.68. The number of benzene rings is 2. The van der Waals surface area contributed by atoms with Crippen LogP contribution in [0.2, 0.25) is 0 Å². The van der Waals surface area contributed by atoms with Crippen LogP contribution in [0.1, 0.15) is 28.9 Å². The number of piperidine rings is 1. The summed E-state index contributed by atoms with van der Waals surface area (Å²) in [5, 5.41) is 0.966. The summed E-state index contributed by atoms with van der Waals surface area (Å²) < 4.78 is 5.85. The average Bonchev–Trinajstić information content (AvgIpc) is 3.10. The molecule has 1 aromatic heterocycles. The highest BCUT2D eigenvalue weighted by Gasteiger charge is 2.23. The van der Waals surface area contributed by atoms with E-state index >= 15 is 0 Å². The molecule has 3 aromatic rings. The van der Waals surface area contributed by atoms with Gasteiger partial charge in [0.2, 0.25) is 0 Å². The van der Waals surface area contributed by atoms with Gasteiger partial charge in [-0.15, -0.1) is 0 Å². The van der Waals surface area contributed by atoms with E-state index in [9.17, 15) is 9.59 Å². The molecule has 2 aromatic carbocycles. The predicted octanol–water partition coefficient (Wildman–Crippen LogP) is 3.55. The first-order chi connectivity index (χ1) is 12.7. The molecule has 5 nitrogen and oxygen atoms in total. The van der Waals surface area contributed by atoms with Crippen LogP contribution >= 0.6 is 0 Å². The van der Waals surface area contributed by atoms with Crippen molar-refractivity contribution in [2.75, 3.05) is 13.1 Å². The van der Waals surface area contributed by atoms with Crippen LogP contribution in [0.5, 0.6) is 5.75 Å². The Kier molecular flexibility index (Phi) is 4.44. The van der Waals surface area contributed by atoms with Gasteiger partial charge in [0.05, 0.1) is 0 Å². The van der Waals surface area contributed by atoms with Crippen molar-refractivity contribution in [1.29, 1.82) is 0 Å². The van der Waals surface area contributed by atoms with Crippen molar-refractivity contribution < 1.29 is 14.3 Å². The van der Waals surface area contributed by atoms with Gasteiger partial charge < -0.3 is 14.6 Å². The quantitative estimate of drug-likeness (QED) is 0.784. The Morgan fingerprint density at radius 2 is 1.81 bits per heavy atom. The molecule has 1 aliphatic rings. The summed E-state index contributed by atoms with van der Waals surface area (Å²) in [4.78, 5) is 28.9. The number of nitrogens with zero attached hydrogens (tertiary/aromatic N) is 1. The Bertz CT molecular complexity index is 936. The van der Waals surface area contributed by atoms with Crippen LogP contribution in [0.15, 0.2) is 54.6 Å². The van der Waals surface area contributed by atoms with E-state index in [1.54, 1.807) is 4.90 Å².